The standard InChI is InChI=1S/C23H18ClN3O/c1-16-10-12-17(13-11-16)21-15-22(27(26-21)20-8-3-2-4-9-20)25-23(28)18-6-5-7-19(24)14-18/h2-15H,1H3,(H,25,28). The minimum Gasteiger partial charge on any atom is -0.306 e. The molecule has 0 aliphatic rings. The van der Waals surface area contributed by atoms with Gasteiger partial charge in [-0.1, -0.05) is 65.7 Å². The topological polar surface area (TPSA) is 46.9 Å². The number of benzene rings is 3. The number of amides is 1. The summed E-state index contributed by atoms with van der Waals surface area (Å²) in [6, 6.07) is 26.6. The van der Waals surface area contributed by atoms with E-state index < -0.39 is 0 Å². The van der Waals surface area contributed by atoms with Crippen LogP contribution in [-0.2, 0) is 0 Å². The molecule has 1 N–H and O–H groups in total. The number of anilines is 1. The molecule has 0 aliphatic heterocycles. The Morgan fingerprint density at radius 1 is 0.929 bits per heavy atom. The molecule has 4 rings (SSSR count). The molecule has 0 fully saturated rings. The second-order valence-corrected chi connectivity index (χ2v) is 6.93. The van der Waals surface area contributed by atoms with E-state index in [1.54, 1.807) is 28.9 Å². The highest BCUT2D eigenvalue weighted by Gasteiger charge is 2.15. The van der Waals surface area contributed by atoms with Crippen molar-refractivity contribution in [3.05, 3.63) is 101 Å². The molecule has 1 aromatic heterocycles. The Morgan fingerprint density at radius 2 is 1.68 bits per heavy atom. The highest BCUT2D eigenvalue weighted by atomic mass is 35.5. The number of hydrogen-bond donors (Lipinski definition) is 1. The lowest BCUT2D eigenvalue weighted by Gasteiger charge is -2.09. The summed E-state index contributed by atoms with van der Waals surface area (Å²) < 4.78 is 1.73. The van der Waals surface area contributed by atoms with Gasteiger partial charge in [0.25, 0.3) is 5.91 Å². The van der Waals surface area contributed by atoms with Gasteiger partial charge in [0.05, 0.1) is 11.4 Å². The van der Waals surface area contributed by atoms with Crippen molar-refractivity contribution in [2.75, 3.05) is 5.32 Å². The Bertz CT molecular complexity index is 1120. The average Bonchev–Trinajstić information content (AvgIpc) is 3.13. The van der Waals surface area contributed by atoms with Crippen molar-refractivity contribution in [1.29, 1.82) is 0 Å². The first-order valence-electron chi connectivity index (χ1n) is 8.89. The maximum Gasteiger partial charge on any atom is 0.256 e. The molecule has 0 aliphatic carbocycles. The molecule has 138 valence electrons. The minimum atomic E-state index is -0.241. The molecule has 0 spiro atoms. The van der Waals surface area contributed by atoms with E-state index in [9.17, 15) is 4.79 Å². The Morgan fingerprint density at radius 3 is 2.39 bits per heavy atom. The van der Waals surface area contributed by atoms with Gasteiger partial charge in [-0.15, -0.1) is 0 Å². The quantitative estimate of drug-likeness (QED) is 0.484. The van der Waals surface area contributed by atoms with Gasteiger partial charge in [0.15, 0.2) is 0 Å². The van der Waals surface area contributed by atoms with Gasteiger partial charge in [-0.25, -0.2) is 4.68 Å². The lowest BCUT2D eigenvalue weighted by Crippen LogP contribution is -2.15. The van der Waals surface area contributed by atoms with Gasteiger partial charge in [-0.3, -0.25) is 4.79 Å². The number of halogens is 1. The average molecular weight is 388 g/mol. The Balaban J connectivity index is 1.74. The number of aromatic nitrogens is 2. The first-order valence-corrected chi connectivity index (χ1v) is 9.27. The van der Waals surface area contributed by atoms with Crippen molar-refractivity contribution in [1.82, 2.24) is 9.78 Å². The summed E-state index contributed by atoms with van der Waals surface area (Å²) in [5.41, 5.74) is 4.30. The number of rotatable bonds is 4. The van der Waals surface area contributed by atoms with Gasteiger partial charge in [-0.2, -0.15) is 5.10 Å². The molecule has 0 unspecified atom stereocenters. The fourth-order valence-electron chi connectivity index (χ4n) is 2.92. The third kappa shape index (κ3) is 3.82. The van der Waals surface area contributed by atoms with Gasteiger partial charge in [0.1, 0.15) is 5.82 Å². The number of nitrogens with one attached hydrogen (secondary N) is 1. The number of carbonyl (C=O) groups excluding carboxylic acids is 1. The maximum atomic E-state index is 12.7. The smallest absolute Gasteiger partial charge is 0.256 e. The molecular weight excluding hydrogens is 370 g/mol. The van der Waals surface area contributed by atoms with Crippen LogP contribution in [0.15, 0.2) is 84.9 Å². The molecular formula is C23H18ClN3O. The molecule has 28 heavy (non-hydrogen) atoms. The highest BCUT2D eigenvalue weighted by molar-refractivity contribution is 6.31. The van der Waals surface area contributed by atoms with E-state index in [0.717, 1.165) is 16.9 Å². The number of aryl methyl sites for hydroxylation is 1. The molecule has 5 heteroatoms. The van der Waals surface area contributed by atoms with Crippen LogP contribution in [0.4, 0.5) is 5.82 Å². The van der Waals surface area contributed by atoms with Crippen LogP contribution >= 0.6 is 11.6 Å². The zero-order chi connectivity index (χ0) is 19.5. The fourth-order valence-corrected chi connectivity index (χ4v) is 3.11. The van der Waals surface area contributed by atoms with Crippen molar-refractivity contribution in [2.45, 2.75) is 6.92 Å². The maximum absolute atomic E-state index is 12.7. The van der Waals surface area contributed by atoms with E-state index in [4.69, 9.17) is 16.7 Å². The largest absolute Gasteiger partial charge is 0.306 e. The Labute approximate surface area is 168 Å². The summed E-state index contributed by atoms with van der Waals surface area (Å²) in [5, 5.41) is 8.20. The summed E-state index contributed by atoms with van der Waals surface area (Å²) in [6.07, 6.45) is 0. The molecule has 0 radical (unpaired) electrons. The van der Waals surface area contributed by atoms with Crippen LogP contribution in [0.5, 0.6) is 0 Å². The van der Waals surface area contributed by atoms with Crippen molar-refractivity contribution in [3.8, 4) is 16.9 Å². The lowest BCUT2D eigenvalue weighted by molar-refractivity contribution is 0.102. The first kappa shape index (κ1) is 18.0. The van der Waals surface area contributed by atoms with Crippen LogP contribution < -0.4 is 5.32 Å². The van der Waals surface area contributed by atoms with E-state index in [-0.39, 0.29) is 5.91 Å². The summed E-state index contributed by atoms with van der Waals surface area (Å²) in [6.45, 7) is 2.04. The fraction of sp³-hybridized carbons (Fsp3) is 0.0435. The molecule has 3 aromatic carbocycles. The number of carbonyl (C=O) groups is 1. The number of nitrogens with zero attached hydrogens (tertiary/aromatic N) is 2. The van der Waals surface area contributed by atoms with Crippen molar-refractivity contribution in [2.24, 2.45) is 0 Å². The van der Waals surface area contributed by atoms with Crippen LogP contribution in [-0.4, -0.2) is 15.7 Å². The molecule has 4 nitrogen and oxygen atoms in total. The predicted molar refractivity (Wildman–Crippen MR) is 113 cm³/mol. The summed E-state index contributed by atoms with van der Waals surface area (Å²) in [7, 11) is 0. The molecule has 0 saturated carbocycles. The third-order valence-electron chi connectivity index (χ3n) is 4.39. The van der Waals surface area contributed by atoms with Gasteiger partial charge in [0, 0.05) is 22.2 Å². The molecule has 0 saturated heterocycles. The molecule has 0 bridgehead atoms. The van der Waals surface area contributed by atoms with Gasteiger partial charge in [-0.05, 0) is 37.3 Å². The first-order chi connectivity index (χ1) is 13.6. The van der Waals surface area contributed by atoms with E-state index in [2.05, 4.69) is 5.32 Å². The lowest BCUT2D eigenvalue weighted by atomic mass is 10.1. The number of para-hydroxylation sites is 1. The second kappa shape index (κ2) is 7.71. The van der Waals surface area contributed by atoms with Crippen molar-refractivity contribution in [3.63, 3.8) is 0 Å². The van der Waals surface area contributed by atoms with Crippen LogP contribution in [0, 0.1) is 6.92 Å². The molecule has 4 aromatic rings. The SMILES string of the molecule is Cc1ccc(-c2cc(NC(=O)c3cccc(Cl)c3)n(-c3ccccc3)n2)cc1. The van der Waals surface area contributed by atoms with E-state index in [1.165, 1.54) is 5.56 Å². The minimum absolute atomic E-state index is 0.241. The Kier molecular flexibility index (Phi) is 4.96. The zero-order valence-electron chi connectivity index (χ0n) is 15.3. The van der Waals surface area contributed by atoms with Gasteiger partial charge >= 0.3 is 0 Å². The summed E-state index contributed by atoms with van der Waals surface area (Å²) in [4.78, 5) is 12.7. The normalized spacial score (nSPS) is 10.6. The summed E-state index contributed by atoms with van der Waals surface area (Å²) >= 11 is 6.02. The van der Waals surface area contributed by atoms with Crippen molar-refractivity contribution >= 4 is 23.3 Å². The second-order valence-electron chi connectivity index (χ2n) is 6.49. The van der Waals surface area contributed by atoms with Gasteiger partial charge in [0.2, 0.25) is 0 Å². The highest BCUT2D eigenvalue weighted by Crippen LogP contribution is 2.25. The van der Waals surface area contributed by atoms with Crippen LogP contribution in [0.1, 0.15) is 15.9 Å². The van der Waals surface area contributed by atoms with Crippen LogP contribution in [0.2, 0.25) is 5.02 Å². The Hall–Kier alpha value is -3.37. The van der Waals surface area contributed by atoms with E-state index in [1.807, 2.05) is 67.6 Å². The molecule has 1 heterocycles. The van der Waals surface area contributed by atoms with E-state index in [0.29, 0.717) is 16.4 Å². The van der Waals surface area contributed by atoms with Crippen molar-refractivity contribution < 1.29 is 4.79 Å². The molecule has 0 atom stereocenters. The van der Waals surface area contributed by atoms with Crippen LogP contribution in [0.25, 0.3) is 16.9 Å². The summed E-state index contributed by atoms with van der Waals surface area (Å²) in [5.74, 6) is 0.349. The third-order valence-corrected chi connectivity index (χ3v) is 4.62. The van der Waals surface area contributed by atoms with Crippen LogP contribution in [0.3, 0.4) is 0 Å². The zero-order valence-corrected chi connectivity index (χ0v) is 16.0. The number of hydrogen-bond acceptors (Lipinski definition) is 2. The molecule has 1 amide bonds. The monoisotopic (exact) mass is 387 g/mol. The predicted octanol–water partition coefficient (Wildman–Crippen LogP) is 5.75. The van der Waals surface area contributed by atoms with Gasteiger partial charge < -0.3 is 5.32 Å². The van der Waals surface area contributed by atoms with E-state index >= 15 is 0 Å².